The minimum atomic E-state index is 0.338. The Morgan fingerprint density at radius 1 is 1.07 bits per heavy atom. The fourth-order valence-electron chi connectivity index (χ4n) is 2.28. The molecule has 1 aromatic rings. The summed E-state index contributed by atoms with van der Waals surface area (Å²) in [4.78, 5) is 0. The number of hydrogen-bond acceptors (Lipinski definition) is 1. The molecular weight excluding hydrogens is 194 g/mol. The van der Waals surface area contributed by atoms with Gasteiger partial charge in [0.2, 0.25) is 0 Å². The Kier molecular flexibility index (Phi) is 3.09. The Balaban J connectivity index is 2.16. The van der Waals surface area contributed by atoms with Crippen molar-refractivity contribution in [1.82, 2.24) is 0 Å². The van der Waals surface area contributed by atoms with E-state index in [1.807, 2.05) is 12.1 Å². The highest BCUT2D eigenvalue weighted by molar-refractivity contribution is 6.30. The lowest BCUT2D eigenvalue weighted by molar-refractivity contribution is 0.385. The second-order valence-corrected chi connectivity index (χ2v) is 4.54. The van der Waals surface area contributed by atoms with E-state index < -0.39 is 0 Å². The van der Waals surface area contributed by atoms with Crippen LogP contribution in [0.3, 0.4) is 0 Å². The topological polar surface area (TPSA) is 26.0 Å². The molecule has 2 rings (SSSR count). The lowest BCUT2D eigenvalue weighted by Gasteiger charge is -2.28. The molecule has 0 bridgehead atoms. The summed E-state index contributed by atoms with van der Waals surface area (Å²) < 4.78 is 0. The largest absolute Gasteiger partial charge is 0.327 e. The highest BCUT2D eigenvalue weighted by atomic mass is 35.5. The van der Waals surface area contributed by atoms with Crippen LogP contribution in [0.1, 0.15) is 37.2 Å². The lowest BCUT2D eigenvalue weighted by atomic mass is 9.80. The van der Waals surface area contributed by atoms with Crippen LogP contribution in [-0.4, -0.2) is 6.04 Å². The van der Waals surface area contributed by atoms with Gasteiger partial charge in [-0.05, 0) is 36.5 Å². The Morgan fingerprint density at radius 2 is 1.71 bits per heavy atom. The molecule has 14 heavy (non-hydrogen) atoms. The third-order valence-electron chi connectivity index (χ3n) is 3.12. The van der Waals surface area contributed by atoms with E-state index in [1.165, 1.54) is 24.8 Å². The second-order valence-electron chi connectivity index (χ2n) is 4.11. The zero-order valence-corrected chi connectivity index (χ0v) is 9.00. The summed E-state index contributed by atoms with van der Waals surface area (Å²) in [7, 11) is 0. The molecule has 1 aliphatic carbocycles. The van der Waals surface area contributed by atoms with Gasteiger partial charge in [0.25, 0.3) is 0 Å². The number of rotatable bonds is 1. The van der Waals surface area contributed by atoms with Crippen LogP contribution < -0.4 is 5.73 Å². The van der Waals surface area contributed by atoms with E-state index >= 15 is 0 Å². The van der Waals surface area contributed by atoms with Gasteiger partial charge in [0, 0.05) is 11.1 Å². The molecule has 0 unspecified atom stereocenters. The summed E-state index contributed by atoms with van der Waals surface area (Å²) in [6.07, 6.45) is 4.97. The molecule has 0 spiro atoms. The van der Waals surface area contributed by atoms with Crippen LogP contribution in [-0.2, 0) is 0 Å². The van der Waals surface area contributed by atoms with Gasteiger partial charge in [0.15, 0.2) is 0 Å². The van der Waals surface area contributed by atoms with Crippen LogP contribution in [0.25, 0.3) is 0 Å². The summed E-state index contributed by atoms with van der Waals surface area (Å²) in [5.74, 6) is 0.543. The molecule has 1 fully saturated rings. The summed E-state index contributed by atoms with van der Waals surface area (Å²) in [5, 5.41) is 0.804. The van der Waals surface area contributed by atoms with Gasteiger partial charge >= 0.3 is 0 Å². The highest BCUT2D eigenvalue weighted by Crippen LogP contribution is 2.32. The maximum Gasteiger partial charge on any atom is 0.0406 e. The van der Waals surface area contributed by atoms with Crippen molar-refractivity contribution < 1.29 is 0 Å². The molecule has 0 aliphatic heterocycles. The quantitative estimate of drug-likeness (QED) is 0.755. The molecule has 0 saturated heterocycles. The minimum absolute atomic E-state index is 0.338. The minimum Gasteiger partial charge on any atom is -0.327 e. The molecule has 1 nitrogen and oxygen atoms in total. The lowest BCUT2D eigenvalue weighted by Crippen LogP contribution is -2.31. The number of nitrogens with two attached hydrogens (primary N) is 1. The zero-order chi connectivity index (χ0) is 9.97. The van der Waals surface area contributed by atoms with Crippen LogP contribution in [0.15, 0.2) is 24.3 Å². The molecule has 1 saturated carbocycles. The van der Waals surface area contributed by atoms with E-state index in [4.69, 9.17) is 17.3 Å². The SMILES string of the molecule is N[C@H]1CCCC[C@@H]1c1ccc(Cl)cc1. The Bertz CT molecular complexity index is 294. The van der Waals surface area contributed by atoms with Crippen molar-refractivity contribution >= 4 is 11.6 Å². The first-order valence-corrected chi connectivity index (χ1v) is 5.66. The predicted molar refractivity (Wildman–Crippen MR) is 60.6 cm³/mol. The van der Waals surface area contributed by atoms with Crippen molar-refractivity contribution in [3.8, 4) is 0 Å². The monoisotopic (exact) mass is 209 g/mol. The first-order valence-electron chi connectivity index (χ1n) is 5.28. The second kappa shape index (κ2) is 4.33. The average molecular weight is 210 g/mol. The third kappa shape index (κ3) is 2.10. The normalized spacial score (nSPS) is 27.6. The highest BCUT2D eigenvalue weighted by Gasteiger charge is 2.22. The van der Waals surface area contributed by atoms with Crippen LogP contribution in [0.2, 0.25) is 5.02 Å². The van der Waals surface area contributed by atoms with Crippen LogP contribution >= 0.6 is 11.6 Å². The van der Waals surface area contributed by atoms with E-state index in [2.05, 4.69) is 12.1 Å². The molecule has 0 radical (unpaired) electrons. The first kappa shape index (κ1) is 10.0. The van der Waals surface area contributed by atoms with E-state index in [-0.39, 0.29) is 0 Å². The van der Waals surface area contributed by atoms with Crippen molar-refractivity contribution in [3.05, 3.63) is 34.9 Å². The van der Waals surface area contributed by atoms with E-state index in [0.29, 0.717) is 12.0 Å². The molecule has 0 amide bonds. The van der Waals surface area contributed by atoms with Gasteiger partial charge in [-0.25, -0.2) is 0 Å². The van der Waals surface area contributed by atoms with Gasteiger partial charge in [0.1, 0.15) is 0 Å². The number of hydrogen-bond donors (Lipinski definition) is 1. The predicted octanol–water partition coefficient (Wildman–Crippen LogP) is 3.32. The summed E-state index contributed by atoms with van der Waals surface area (Å²) in [6.45, 7) is 0. The standard InChI is InChI=1S/C12H16ClN/c13-10-7-5-9(6-8-10)11-3-1-2-4-12(11)14/h5-8,11-12H,1-4,14H2/t11-,12+/m1/s1. The first-order chi connectivity index (χ1) is 6.77. The zero-order valence-electron chi connectivity index (χ0n) is 8.25. The molecule has 76 valence electrons. The molecular formula is C12H16ClN. The molecule has 2 heteroatoms. The van der Waals surface area contributed by atoms with Gasteiger partial charge in [-0.2, -0.15) is 0 Å². The number of benzene rings is 1. The summed E-state index contributed by atoms with van der Waals surface area (Å²) in [6, 6.07) is 8.47. The fraction of sp³-hybridized carbons (Fsp3) is 0.500. The van der Waals surface area contributed by atoms with Crippen LogP contribution in [0.4, 0.5) is 0 Å². The molecule has 1 aliphatic rings. The van der Waals surface area contributed by atoms with Crippen molar-refractivity contribution in [2.75, 3.05) is 0 Å². The van der Waals surface area contributed by atoms with Crippen LogP contribution in [0, 0.1) is 0 Å². The van der Waals surface area contributed by atoms with Crippen molar-refractivity contribution in [1.29, 1.82) is 0 Å². The van der Waals surface area contributed by atoms with E-state index in [0.717, 1.165) is 11.4 Å². The van der Waals surface area contributed by atoms with Gasteiger partial charge in [0.05, 0.1) is 0 Å². The van der Waals surface area contributed by atoms with Crippen molar-refractivity contribution in [2.24, 2.45) is 5.73 Å². The molecule has 0 aromatic heterocycles. The van der Waals surface area contributed by atoms with Gasteiger partial charge in [-0.1, -0.05) is 36.6 Å². The molecule has 2 N–H and O–H groups in total. The van der Waals surface area contributed by atoms with Crippen LogP contribution in [0.5, 0.6) is 0 Å². The van der Waals surface area contributed by atoms with Gasteiger partial charge in [-0.15, -0.1) is 0 Å². The van der Waals surface area contributed by atoms with Crippen molar-refractivity contribution in [3.63, 3.8) is 0 Å². The smallest absolute Gasteiger partial charge is 0.0406 e. The molecule has 0 heterocycles. The van der Waals surface area contributed by atoms with Gasteiger partial charge in [-0.3, -0.25) is 0 Å². The van der Waals surface area contributed by atoms with Crippen molar-refractivity contribution in [2.45, 2.75) is 37.6 Å². The van der Waals surface area contributed by atoms with Gasteiger partial charge < -0.3 is 5.73 Å². The fourth-order valence-corrected chi connectivity index (χ4v) is 2.41. The Hall–Kier alpha value is -0.530. The summed E-state index contributed by atoms with van der Waals surface area (Å²) >= 11 is 5.86. The maximum absolute atomic E-state index is 6.12. The van der Waals surface area contributed by atoms with E-state index in [9.17, 15) is 0 Å². The molecule has 2 atom stereocenters. The maximum atomic E-state index is 6.12. The average Bonchev–Trinajstić information content (AvgIpc) is 2.20. The Morgan fingerprint density at radius 3 is 2.36 bits per heavy atom. The number of halogens is 1. The third-order valence-corrected chi connectivity index (χ3v) is 3.37. The summed E-state index contributed by atoms with van der Waals surface area (Å²) in [5.41, 5.74) is 7.46. The van der Waals surface area contributed by atoms with E-state index in [1.54, 1.807) is 0 Å². The Labute approximate surface area is 90.3 Å². The molecule has 1 aromatic carbocycles.